The van der Waals surface area contributed by atoms with E-state index in [4.69, 9.17) is 4.74 Å². The number of rotatable bonds is 15. The van der Waals surface area contributed by atoms with Gasteiger partial charge in [-0.3, -0.25) is 0 Å². The molecule has 0 aliphatic heterocycles. The Hall–Kier alpha value is 0.0600. The van der Waals surface area contributed by atoms with Gasteiger partial charge in [-0.05, 0) is 42.7 Å². The Balaban J connectivity index is 0.00000578. The number of hydrogen-bond donors (Lipinski definition) is 0. The molecule has 0 fully saturated rings. The van der Waals surface area contributed by atoms with E-state index < -0.39 is 30.0 Å². The molecule has 0 aliphatic carbocycles. The Labute approximate surface area is 254 Å². The minimum Gasteiger partial charge on any atom is -0.744 e. The zero-order valence-corrected chi connectivity index (χ0v) is 26.6. The second kappa shape index (κ2) is 17.5. The van der Waals surface area contributed by atoms with Gasteiger partial charge in [0.2, 0.25) is 0 Å². The molecule has 2 aromatic rings. The molecule has 0 N–H and O–H groups in total. The van der Waals surface area contributed by atoms with E-state index in [2.05, 4.69) is 6.92 Å². The first-order valence-electron chi connectivity index (χ1n) is 11.4. The molecule has 35 heavy (non-hydrogen) atoms. The zero-order valence-electron chi connectivity index (χ0n) is 21.0. The van der Waals surface area contributed by atoms with Crippen molar-refractivity contribution in [2.45, 2.75) is 87.3 Å². The maximum absolute atomic E-state index is 12.0. The van der Waals surface area contributed by atoms with Crippen LogP contribution in [0.4, 0.5) is 0 Å². The molecule has 0 saturated carbocycles. The first-order valence-corrected chi connectivity index (χ1v) is 14.3. The molecule has 184 valence electrons. The summed E-state index contributed by atoms with van der Waals surface area (Å²) in [5, 5.41) is 0. The average molecular weight is 543 g/mol. The van der Waals surface area contributed by atoms with Crippen molar-refractivity contribution in [3.8, 4) is 11.5 Å². The molecule has 0 bridgehead atoms. The van der Waals surface area contributed by atoms with E-state index in [1.54, 1.807) is 12.1 Å². The van der Waals surface area contributed by atoms with Gasteiger partial charge in [-0.1, -0.05) is 82.9 Å². The fourth-order valence-electron chi connectivity index (χ4n) is 3.75. The fraction of sp³-hybridized carbons (Fsp3) is 0.500. The number of hydrogen-bond acceptors (Lipinski definition) is 7. The van der Waals surface area contributed by atoms with Crippen LogP contribution >= 0.6 is 0 Å². The normalized spacial score (nSPS) is 11.4. The van der Waals surface area contributed by atoms with Gasteiger partial charge in [0.25, 0.3) is 0 Å². The minimum absolute atomic E-state index is 0. The van der Waals surface area contributed by atoms with Gasteiger partial charge in [0.15, 0.2) is 0 Å². The zero-order chi connectivity index (χ0) is 24.3. The standard InChI is InChI=1S/C24H34O7S2.2Na/c1-2-3-4-5-6-7-8-9-10-11-14-20-15-12-18-23(24(20)33(28,29)30)31-21-16-13-17-22(19-21)32(25,26)27;;/h12-13,15-19H,2-11,14H2,1H3,(H,25,26,27)(H,28,29,30);;/q;2*+1/p-2. The Morgan fingerprint density at radius 3 is 1.80 bits per heavy atom. The van der Waals surface area contributed by atoms with Crippen molar-refractivity contribution in [1.82, 2.24) is 0 Å². The van der Waals surface area contributed by atoms with Crippen LogP contribution in [0.5, 0.6) is 11.5 Å². The van der Waals surface area contributed by atoms with Gasteiger partial charge >= 0.3 is 59.1 Å². The quantitative estimate of drug-likeness (QED) is 0.173. The van der Waals surface area contributed by atoms with Gasteiger partial charge < -0.3 is 13.8 Å². The largest absolute Gasteiger partial charge is 1.00 e. The maximum atomic E-state index is 12.0. The summed E-state index contributed by atoms with van der Waals surface area (Å²) in [6.45, 7) is 2.20. The molecular weight excluding hydrogens is 510 g/mol. The van der Waals surface area contributed by atoms with E-state index in [1.807, 2.05) is 0 Å². The van der Waals surface area contributed by atoms with E-state index in [-0.39, 0.29) is 70.6 Å². The second-order valence-corrected chi connectivity index (χ2v) is 10.9. The Morgan fingerprint density at radius 1 is 0.714 bits per heavy atom. The van der Waals surface area contributed by atoms with E-state index in [9.17, 15) is 25.9 Å². The smallest absolute Gasteiger partial charge is 0.744 e. The topological polar surface area (TPSA) is 124 Å². The Morgan fingerprint density at radius 2 is 1.26 bits per heavy atom. The molecule has 7 nitrogen and oxygen atoms in total. The molecule has 11 heteroatoms. The van der Waals surface area contributed by atoms with Gasteiger partial charge in [-0.2, -0.15) is 0 Å². The van der Waals surface area contributed by atoms with Crippen LogP contribution in [0.3, 0.4) is 0 Å². The predicted octanol–water partition coefficient (Wildman–Crippen LogP) is -0.241. The first kappa shape index (κ1) is 35.1. The average Bonchev–Trinajstić information content (AvgIpc) is 2.74. The van der Waals surface area contributed by atoms with Crippen LogP contribution in [-0.2, 0) is 26.7 Å². The van der Waals surface area contributed by atoms with Crippen LogP contribution in [0.1, 0.15) is 76.7 Å². The number of unbranched alkanes of at least 4 members (excludes halogenated alkanes) is 9. The van der Waals surface area contributed by atoms with E-state index >= 15 is 0 Å². The maximum Gasteiger partial charge on any atom is 1.00 e. The van der Waals surface area contributed by atoms with Crippen molar-refractivity contribution in [1.29, 1.82) is 0 Å². The molecular formula is C24H32Na2O7S2. The molecule has 2 rings (SSSR count). The molecule has 0 atom stereocenters. The van der Waals surface area contributed by atoms with Crippen LogP contribution in [0.15, 0.2) is 52.3 Å². The molecule has 0 radical (unpaired) electrons. The van der Waals surface area contributed by atoms with E-state index in [1.165, 1.54) is 56.7 Å². The van der Waals surface area contributed by atoms with Crippen molar-refractivity contribution in [3.05, 3.63) is 48.0 Å². The summed E-state index contributed by atoms with van der Waals surface area (Å²) in [6.07, 6.45) is 11.8. The summed E-state index contributed by atoms with van der Waals surface area (Å²) in [5.41, 5.74) is 0.370. The summed E-state index contributed by atoms with van der Waals surface area (Å²) in [6, 6.07) is 9.31. The van der Waals surface area contributed by atoms with Gasteiger partial charge in [-0.15, -0.1) is 0 Å². The van der Waals surface area contributed by atoms with Crippen molar-refractivity contribution < 1.29 is 89.8 Å². The summed E-state index contributed by atoms with van der Waals surface area (Å²) in [4.78, 5) is -0.954. The van der Waals surface area contributed by atoms with Crippen LogP contribution < -0.4 is 63.9 Å². The van der Waals surface area contributed by atoms with Gasteiger partial charge in [-0.25, -0.2) is 16.8 Å². The van der Waals surface area contributed by atoms with Crippen LogP contribution in [0.25, 0.3) is 0 Å². The van der Waals surface area contributed by atoms with Gasteiger partial charge in [0.1, 0.15) is 36.6 Å². The van der Waals surface area contributed by atoms with Crippen LogP contribution in [0, 0.1) is 0 Å². The number of aryl methyl sites for hydroxylation is 1. The monoisotopic (exact) mass is 542 g/mol. The molecule has 0 spiro atoms. The Bertz CT molecular complexity index is 1100. The predicted molar refractivity (Wildman–Crippen MR) is 124 cm³/mol. The molecule has 0 heterocycles. The molecule has 0 unspecified atom stereocenters. The Kier molecular flexibility index (Phi) is 17.6. The third-order valence-electron chi connectivity index (χ3n) is 5.43. The molecule has 0 aromatic heterocycles. The van der Waals surface area contributed by atoms with E-state index in [0.717, 1.165) is 37.8 Å². The van der Waals surface area contributed by atoms with Crippen molar-refractivity contribution in [3.63, 3.8) is 0 Å². The van der Waals surface area contributed by atoms with Crippen molar-refractivity contribution in [2.24, 2.45) is 0 Å². The van der Waals surface area contributed by atoms with Crippen LogP contribution in [-0.4, -0.2) is 25.9 Å². The molecule has 0 aliphatic rings. The third-order valence-corrected chi connectivity index (χ3v) is 7.23. The van der Waals surface area contributed by atoms with Crippen molar-refractivity contribution >= 4 is 20.2 Å². The minimum atomic E-state index is -4.84. The molecule has 0 saturated heterocycles. The SMILES string of the molecule is CCCCCCCCCCCCc1cccc(Oc2cccc(S(=O)(=O)[O-])c2)c1S(=O)(=O)[O-].[Na+].[Na+]. The van der Waals surface area contributed by atoms with Gasteiger partial charge in [0, 0.05) is 0 Å². The van der Waals surface area contributed by atoms with Gasteiger partial charge in [0.05, 0.1) is 4.90 Å². The number of benzene rings is 2. The summed E-state index contributed by atoms with van der Waals surface area (Å²) in [7, 11) is -9.54. The molecule has 0 amide bonds. The number of ether oxygens (including phenoxy) is 1. The third kappa shape index (κ3) is 12.9. The summed E-state index contributed by atoms with van der Waals surface area (Å²) < 4.78 is 75.2. The van der Waals surface area contributed by atoms with E-state index in [0.29, 0.717) is 12.0 Å². The second-order valence-electron chi connectivity index (χ2n) is 8.16. The fourth-order valence-corrected chi connectivity index (χ4v) is 5.10. The van der Waals surface area contributed by atoms with Crippen molar-refractivity contribution in [2.75, 3.05) is 0 Å². The van der Waals surface area contributed by atoms with Crippen LogP contribution in [0.2, 0.25) is 0 Å². The summed E-state index contributed by atoms with van der Waals surface area (Å²) in [5.74, 6) is -0.233. The molecule has 2 aromatic carbocycles. The summed E-state index contributed by atoms with van der Waals surface area (Å²) >= 11 is 0. The first-order chi connectivity index (χ1) is 15.6.